The number of halogens is 2. The SMILES string of the molecule is Cc1ccoc1C(=O)N1N=C(c2cc(F)ccc2F)SC1(CCCN)c1ccccc1. The number of nitrogens with zero attached hydrogens (tertiary/aromatic N) is 2. The second kappa shape index (κ2) is 8.64. The van der Waals surface area contributed by atoms with E-state index in [2.05, 4.69) is 5.10 Å². The Balaban J connectivity index is 1.88. The summed E-state index contributed by atoms with van der Waals surface area (Å²) in [4.78, 5) is 12.5. The standard InChI is InChI=1S/C23H21F2N3O2S/c1-15-10-13-30-20(15)22(29)28-23(11-5-12-26,16-6-3-2-4-7-16)31-21(27-28)18-14-17(24)8-9-19(18)25/h2-4,6-10,13-14H,5,11-12,26H2,1H3. The molecule has 160 valence electrons. The first kappa shape index (κ1) is 21.3. The molecule has 2 N–H and O–H groups in total. The van der Waals surface area contributed by atoms with Crippen molar-refractivity contribution in [3.05, 3.63) is 94.9 Å². The Morgan fingerprint density at radius 3 is 2.65 bits per heavy atom. The second-order valence-corrected chi connectivity index (χ2v) is 8.49. The van der Waals surface area contributed by atoms with Gasteiger partial charge in [0.2, 0.25) is 0 Å². The average Bonchev–Trinajstić information content (AvgIpc) is 3.38. The van der Waals surface area contributed by atoms with Gasteiger partial charge < -0.3 is 10.2 Å². The predicted molar refractivity (Wildman–Crippen MR) is 117 cm³/mol. The van der Waals surface area contributed by atoms with Gasteiger partial charge in [-0.2, -0.15) is 5.10 Å². The van der Waals surface area contributed by atoms with E-state index in [0.717, 1.165) is 23.8 Å². The van der Waals surface area contributed by atoms with Crippen molar-refractivity contribution in [1.29, 1.82) is 0 Å². The molecule has 4 rings (SSSR count). The van der Waals surface area contributed by atoms with Crippen LogP contribution >= 0.6 is 11.8 Å². The molecule has 2 heterocycles. The molecule has 0 spiro atoms. The lowest BCUT2D eigenvalue weighted by atomic mass is 10.00. The maximum Gasteiger partial charge on any atom is 0.311 e. The Hall–Kier alpha value is -2.97. The van der Waals surface area contributed by atoms with E-state index in [9.17, 15) is 13.6 Å². The molecular formula is C23H21F2N3O2S. The quantitative estimate of drug-likeness (QED) is 0.584. The van der Waals surface area contributed by atoms with Gasteiger partial charge in [-0.3, -0.25) is 4.79 Å². The van der Waals surface area contributed by atoms with Gasteiger partial charge in [-0.25, -0.2) is 13.8 Å². The van der Waals surface area contributed by atoms with Crippen LogP contribution in [0, 0.1) is 18.6 Å². The lowest BCUT2D eigenvalue weighted by Crippen LogP contribution is -2.42. The summed E-state index contributed by atoms with van der Waals surface area (Å²) < 4.78 is 33.9. The molecule has 0 fully saturated rings. The van der Waals surface area contributed by atoms with E-state index in [4.69, 9.17) is 10.2 Å². The van der Waals surface area contributed by atoms with Crippen LogP contribution in [0.1, 0.15) is 40.1 Å². The van der Waals surface area contributed by atoms with Gasteiger partial charge in [0.15, 0.2) is 5.76 Å². The first-order chi connectivity index (χ1) is 15.0. The van der Waals surface area contributed by atoms with Crippen LogP contribution < -0.4 is 5.73 Å². The second-order valence-electron chi connectivity index (χ2n) is 7.22. The number of amides is 1. The number of aryl methyl sites for hydroxylation is 1. The maximum atomic E-state index is 14.6. The molecule has 5 nitrogen and oxygen atoms in total. The van der Waals surface area contributed by atoms with Gasteiger partial charge in [0.05, 0.1) is 6.26 Å². The van der Waals surface area contributed by atoms with Crippen molar-refractivity contribution >= 4 is 22.7 Å². The molecule has 31 heavy (non-hydrogen) atoms. The monoisotopic (exact) mass is 441 g/mol. The molecular weight excluding hydrogens is 420 g/mol. The Kier molecular flexibility index (Phi) is 5.93. The van der Waals surface area contributed by atoms with Crippen molar-refractivity contribution in [3.63, 3.8) is 0 Å². The third-order valence-corrected chi connectivity index (χ3v) is 6.60. The van der Waals surface area contributed by atoms with E-state index in [-0.39, 0.29) is 16.4 Å². The summed E-state index contributed by atoms with van der Waals surface area (Å²) in [6.45, 7) is 2.17. The number of carbonyl (C=O) groups is 1. The highest BCUT2D eigenvalue weighted by molar-refractivity contribution is 8.15. The van der Waals surface area contributed by atoms with Gasteiger partial charge >= 0.3 is 5.91 Å². The number of carbonyl (C=O) groups excluding carboxylic acids is 1. The van der Waals surface area contributed by atoms with Gasteiger partial charge in [-0.15, -0.1) is 0 Å². The van der Waals surface area contributed by atoms with E-state index in [1.165, 1.54) is 23.0 Å². The number of hydrogen-bond acceptors (Lipinski definition) is 5. The van der Waals surface area contributed by atoms with E-state index >= 15 is 0 Å². The maximum absolute atomic E-state index is 14.6. The smallest absolute Gasteiger partial charge is 0.311 e. The first-order valence-corrected chi connectivity index (χ1v) is 10.7. The molecule has 0 saturated carbocycles. The molecule has 1 aliphatic heterocycles. The fourth-order valence-electron chi connectivity index (χ4n) is 3.59. The zero-order valence-corrected chi connectivity index (χ0v) is 17.7. The molecule has 1 aromatic heterocycles. The van der Waals surface area contributed by atoms with Crippen LogP contribution in [0.4, 0.5) is 8.78 Å². The van der Waals surface area contributed by atoms with Gasteiger partial charge in [0.1, 0.15) is 21.5 Å². The summed E-state index contributed by atoms with van der Waals surface area (Å²) in [5, 5.41) is 6.04. The van der Waals surface area contributed by atoms with Crippen molar-refractivity contribution in [2.45, 2.75) is 24.6 Å². The Morgan fingerprint density at radius 2 is 1.97 bits per heavy atom. The summed E-state index contributed by atoms with van der Waals surface area (Å²) >= 11 is 1.22. The van der Waals surface area contributed by atoms with Crippen molar-refractivity contribution in [1.82, 2.24) is 5.01 Å². The molecule has 0 radical (unpaired) electrons. The zero-order chi connectivity index (χ0) is 22.0. The molecule has 8 heteroatoms. The minimum atomic E-state index is -0.981. The molecule has 3 aromatic rings. The number of hydrogen-bond donors (Lipinski definition) is 1. The summed E-state index contributed by atoms with van der Waals surface area (Å²) in [5.41, 5.74) is 7.27. The van der Waals surface area contributed by atoms with Crippen LogP contribution in [-0.2, 0) is 4.87 Å². The van der Waals surface area contributed by atoms with Crippen LogP contribution in [0.15, 0.2) is 70.4 Å². The Bertz CT molecular complexity index is 1130. The summed E-state index contributed by atoms with van der Waals surface area (Å²) in [5.74, 6) is -1.50. The minimum Gasteiger partial charge on any atom is -0.459 e. The summed E-state index contributed by atoms with van der Waals surface area (Å²) in [7, 11) is 0. The highest BCUT2D eigenvalue weighted by Gasteiger charge is 2.49. The van der Waals surface area contributed by atoms with Gasteiger partial charge in [0.25, 0.3) is 0 Å². The van der Waals surface area contributed by atoms with Crippen LogP contribution in [0.2, 0.25) is 0 Å². The van der Waals surface area contributed by atoms with Crippen molar-refractivity contribution in [3.8, 4) is 0 Å². The van der Waals surface area contributed by atoms with E-state index in [1.807, 2.05) is 30.3 Å². The van der Waals surface area contributed by atoms with Crippen molar-refractivity contribution < 1.29 is 18.0 Å². The number of thioether (sulfide) groups is 1. The number of rotatable bonds is 6. The number of hydrazone groups is 1. The van der Waals surface area contributed by atoms with E-state index in [0.29, 0.717) is 24.9 Å². The number of furan rings is 1. The van der Waals surface area contributed by atoms with Crippen LogP contribution in [-0.4, -0.2) is 22.5 Å². The highest BCUT2D eigenvalue weighted by atomic mass is 32.2. The van der Waals surface area contributed by atoms with Crippen molar-refractivity contribution in [2.24, 2.45) is 10.8 Å². The molecule has 0 aliphatic carbocycles. The fourth-order valence-corrected chi connectivity index (χ4v) is 5.00. The highest BCUT2D eigenvalue weighted by Crippen LogP contribution is 2.51. The van der Waals surface area contributed by atoms with E-state index in [1.54, 1.807) is 13.0 Å². The normalized spacial score (nSPS) is 18.3. The summed E-state index contributed by atoms with van der Waals surface area (Å²) in [6, 6.07) is 14.3. The van der Waals surface area contributed by atoms with Crippen LogP contribution in [0.3, 0.4) is 0 Å². The lowest BCUT2D eigenvalue weighted by Gasteiger charge is -2.35. The van der Waals surface area contributed by atoms with Crippen molar-refractivity contribution in [2.75, 3.05) is 6.54 Å². The predicted octanol–water partition coefficient (Wildman–Crippen LogP) is 5.01. The van der Waals surface area contributed by atoms with Gasteiger partial charge in [-0.05, 0) is 56.1 Å². The largest absolute Gasteiger partial charge is 0.459 e. The molecule has 0 saturated heterocycles. The first-order valence-electron chi connectivity index (χ1n) is 9.83. The topological polar surface area (TPSA) is 71.8 Å². The van der Waals surface area contributed by atoms with Crippen LogP contribution in [0.25, 0.3) is 0 Å². The number of nitrogens with two attached hydrogens (primary N) is 1. The third kappa shape index (κ3) is 3.88. The molecule has 1 atom stereocenters. The lowest BCUT2D eigenvalue weighted by molar-refractivity contribution is 0.0604. The number of benzene rings is 2. The van der Waals surface area contributed by atoms with Gasteiger partial charge in [0, 0.05) is 11.1 Å². The fraction of sp³-hybridized carbons (Fsp3) is 0.217. The minimum absolute atomic E-state index is 0.00419. The molecule has 1 unspecified atom stereocenters. The Morgan fingerprint density at radius 1 is 1.19 bits per heavy atom. The third-order valence-electron chi connectivity index (χ3n) is 5.15. The molecule has 1 amide bonds. The zero-order valence-electron chi connectivity index (χ0n) is 16.8. The summed E-state index contributed by atoms with van der Waals surface area (Å²) in [6.07, 6.45) is 2.50. The van der Waals surface area contributed by atoms with Crippen LogP contribution in [0.5, 0.6) is 0 Å². The average molecular weight is 442 g/mol. The molecule has 1 aliphatic rings. The van der Waals surface area contributed by atoms with Gasteiger partial charge in [-0.1, -0.05) is 42.1 Å². The Labute approximate surface area is 182 Å². The molecule has 0 bridgehead atoms. The van der Waals surface area contributed by atoms with E-state index < -0.39 is 22.4 Å². The molecule has 2 aromatic carbocycles.